The average Bonchev–Trinajstić information content (AvgIpc) is 3.00. The monoisotopic (exact) mass is 298 g/mol. The van der Waals surface area contributed by atoms with Gasteiger partial charge in [-0.1, -0.05) is 0 Å². The fourth-order valence-corrected chi connectivity index (χ4v) is 4.87. The third-order valence-electron chi connectivity index (χ3n) is 4.45. The molecule has 1 aromatic rings. The Hall–Kier alpha value is -0.920. The molecule has 3 rings (SSSR count). The van der Waals surface area contributed by atoms with Crippen LogP contribution in [0.15, 0.2) is 11.2 Å². The van der Waals surface area contributed by atoms with Gasteiger partial charge in [0.05, 0.1) is 6.20 Å². The maximum Gasteiger partial charge on any atom is 0.260 e. The van der Waals surface area contributed by atoms with Crippen molar-refractivity contribution in [1.82, 2.24) is 13.9 Å². The van der Waals surface area contributed by atoms with Crippen LogP contribution in [0.25, 0.3) is 0 Å². The van der Waals surface area contributed by atoms with Crippen LogP contribution in [-0.2, 0) is 23.0 Å². The molecule has 2 aliphatic heterocycles. The number of aryl methyl sites for hydroxylation is 1. The number of sulfonamides is 1. The zero-order chi connectivity index (χ0) is 14.3. The molecule has 0 aromatic carbocycles. The predicted octanol–water partition coefficient (Wildman–Crippen LogP) is 0.577. The van der Waals surface area contributed by atoms with Crippen molar-refractivity contribution >= 4 is 10.0 Å². The molecule has 0 bridgehead atoms. The number of rotatable bonds is 3. The highest BCUT2D eigenvalue weighted by Gasteiger charge is 2.34. The highest BCUT2D eigenvalue weighted by molar-refractivity contribution is 7.89. The maximum absolute atomic E-state index is 12.8. The van der Waals surface area contributed by atoms with E-state index in [9.17, 15) is 8.42 Å². The second-order valence-electron chi connectivity index (χ2n) is 5.89. The van der Waals surface area contributed by atoms with Crippen molar-refractivity contribution in [2.24, 2.45) is 11.7 Å². The summed E-state index contributed by atoms with van der Waals surface area (Å²) in [5.41, 5.74) is 5.94. The van der Waals surface area contributed by atoms with E-state index in [0.717, 1.165) is 38.1 Å². The van der Waals surface area contributed by atoms with Crippen LogP contribution < -0.4 is 5.73 Å². The Balaban J connectivity index is 1.88. The quantitative estimate of drug-likeness (QED) is 0.885. The summed E-state index contributed by atoms with van der Waals surface area (Å²) >= 11 is 0. The lowest BCUT2D eigenvalue weighted by molar-refractivity contribution is 0.242. The van der Waals surface area contributed by atoms with Gasteiger partial charge in [-0.3, -0.25) is 0 Å². The third-order valence-corrected chi connectivity index (χ3v) is 6.32. The third kappa shape index (κ3) is 2.27. The number of nitrogens with two attached hydrogens (primary N) is 1. The lowest BCUT2D eigenvalue weighted by Gasteiger charge is -2.33. The normalized spacial score (nSPS) is 25.6. The number of nitrogens with zero attached hydrogens (tertiary/aromatic N) is 3. The summed E-state index contributed by atoms with van der Waals surface area (Å²) in [6.45, 7) is 3.83. The number of hydrogen-bond acceptors (Lipinski definition) is 4. The zero-order valence-electron chi connectivity index (χ0n) is 11.8. The van der Waals surface area contributed by atoms with Crippen LogP contribution >= 0.6 is 0 Å². The van der Waals surface area contributed by atoms with Crippen LogP contribution in [-0.4, -0.2) is 41.4 Å². The van der Waals surface area contributed by atoms with Gasteiger partial charge in [0.1, 0.15) is 5.82 Å². The zero-order valence-corrected chi connectivity index (χ0v) is 12.6. The van der Waals surface area contributed by atoms with Gasteiger partial charge in [-0.25, -0.2) is 13.4 Å². The fourth-order valence-electron chi connectivity index (χ4n) is 3.19. The van der Waals surface area contributed by atoms with Crippen molar-refractivity contribution in [3.05, 3.63) is 12.0 Å². The van der Waals surface area contributed by atoms with Crippen LogP contribution in [0.3, 0.4) is 0 Å². The van der Waals surface area contributed by atoms with Gasteiger partial charge in [-0.05, 0) is 32.1 Å². The largest absolute Gasteiger partial charge is 0.328 e. The summed E-state index contributed by atoms with van der Waals surface area (Å²) in [7, 11) is -3.43. The summed E-state index contributed by atoms with van der Waals surface area (Å²) in [5, 5.41) is 0.357. The molecule has 1 aromatic heterocycles. The lowest BCUT2D eigenvalue weighted by atomic mass is 9.93. The summed E-state index contributed by atoms with van der Waals surface area (Å²) in [6.07, 6.45) is 5.26. The molecule has 2 N–H and O–H groups in total. The first kappa shape index (κ1) is 14.0. The Morgan fingerprint density at radius 2 is 2.20 bits per heavy atom. The van der Waals surface area contributed by atoms with Crippen LogP contribution in [0.5, 0.6) is 0 Å². The van der Waals surface area contributed by atoms with E-state index in [1.165, 1.54) is 6.20 Å². The molecule has 0 saturated carbocycles. The molecule has 7 heteroatoms. The van der Waals surface area contributed by atoms with E-state index < -0.39 is 10.0 Å². The van der Waals surface area contributed by atoms with E-state index in [2.05, 4.69) is 4.98 Å². The minimum Gasteiger partial charge on any atom is -0.328 e. The van der Waals surface area contributed by atoms with E-state index in [4.69, 9.17) is 5.73 Å². The minimum absolute atomic E-state index is 0.0316. The standard InChI is InChI=1S/C13H22N4O2S/c1-10(14)11-4-2-6-16(9-11)20(18,19)13-8-15-12-5-3-7-17(12)13/h8,10-11H,2-7,9,14H2,1H3. The summed E-state index contributed by atoms with van der Waals surface area (Å²) in [6, 6.07) is 0.0316. The molecule has 3 heterocycles. The van der Waals surface area contributed by atoms with Gasteiger partial charge in [0.2, 0.25) is 0 Å². The van der Waals surface area contributed by atoms with Crippen molar-refractivity contribution < 1.29 is 8.42 Å². The Kier molecular flexibility index (Phi) is 3.60. The summed E-state index contributed by atoms with van der Waals surface area (Å²) < 4.78 is 29.0. The first-order valence-electron chi connectivity index (χ1n) is 7.30. The molecule has 1 fully saturated rings. The Morgan fingerprint density at radius 3 is 2.95 bits per heavy atom. The molecule has 112 valence electrons. The number of fused-ring (bicyclic) bond motifs is 1. The molecule has 2 atom stereocenters. The van der Waals surface area contributed by atoms with E-state index in [1.807, 2.05) is 11.5 Å². The first-order valence-corrected chi connectivity index (χ1v) is 8.74. The number of imidazole rings is 1. The van der Waals surface area contributed by atoms with Gasteiger partial charge in [0.15, 0.2) is 5.03 Å². The van der Waals surface area contributed by atoms with Crippen LogP contribution in [0, 0.1) is 5.92 Å². The molecule has 2 unspecified atom stereocenters. The van der Waals surface area contributed by atoms with Crippen LogP contribution in [0.1, 0.15) is 32.0 Å². The van der Waals surface area contributed by atoms with Gasteiger partial charge >= 0.3 is 0 Å². The Morgan fingerprint density at radius 1 is 1.40 bits per heavy atom. The molecule has 0 amide bonds. The minimum atomic E-state index is -3.43. The second kappa shape index (κ2) is 5.13. The van der Waals surface area contributed by atoms with Crippen molar-refractivity contribution in [3.63, 3.8) is 0 Å². The topological polar surface area (TPSA) is 81.2 Å². The molecular weight excluding hydrogens is 276 g/mol. The van der Waals surface area contributed by atoms with Gasteiger partial charge < -0.3 is 10.3 Å². The van der Waals surface area contributed by atoms with Gasteiger partial charge in [0, 0.05) is 32.1 Å². The molecule has 0 aliphatic carbocycles. The van der Waals surface area contributed by atoms with Crippen LogP contribution in [0.4, 0.5) is 0 Å². The summed E-state index contributed by atoms with van der Waals surface area (Å²) in [5.74, 6) is 1.14. The van der Waals surface area contributed by atoms with Gasteiger partial charge in [-0.15, -0.1) is 0 Å². The number of piperidine rings is 1. The van der Waals surface area contributed by atoms with Crippen molar-refractivity contribution in [1.29, 1.82) is 0 Å². The average molecular weight is 298 g/mol. The number of hydrogen-bond donors (Lipinski definition) is 1. The van der Waals surface area contributed by atoms with Gasteiger partial charge in [0.25, 0.3) is 10.0 Å². The molecule has 20 heavy (non-hydrogen) atoms. The van der Waals surface area contributed by atoms with Gasteiger partial charge in [-0.2, -0.15) is 4.31 Å². The van der Waals surface area contributed by atoms with Crippen molar-refractivity contribution in [2.45, 2.75) is 50.2 Å². The lowest BCUT2D eigenvalue weighted by Crippen LogP contribution is -2.45. The second-order valence-corrected chi connectivity index (χ2v) is 7.78. The predicted molar refractivity (Wildman–Crippen MR) is 75.7 cm³/mol. The Labute approximate surface area is 120 Å². The highest BCUT2D eigenvalue weighted by Crippen LogP contribution is 2.27. The molecule has 0 spiro atoms. The molecule has 0 radical (unpaired) electrons. The van der Waals surface area contributed by atoms with E-state index in [0.29, 0.717) is 18.1 Å². The Bertz CT molecular complexity index is 594. The van der Waals surface area contributed by atoms with Crippen molar-refractivity contribution in [2.75, 3.05) is 13.1 Å². The van der Waals surface area contributed by atoms with Crippen molar-refractivity contribution in [3.8, 4) is 0 Å². The number of aromatic nitrogens is 2. The molecule has 2 aliphatic rings. The SMILES string of the molecule is CC(N)C1CCCN(S(=O)(=O)c2cnc3n2CCC3)C1. The molecule has 6 nitrogen and oxygen atoms in total. The first-order chi connectivity index (χ1) is 9.50. The fraction of sp³-hybridized carbons (Fsp3) is 0.769. The van der Waals surface area contributed by atoms with Crippen LogP contribution in [0.2, 0.25) is 0 Å². The molecular formula is C13H22N4O2S. The van der Waals surface area contributed by atoms with E-state index >= 15 is 0 Å². The van der Waals surface area contributed by atoms with E-state index in [1.54, 1.807) is 4.31 Å². The maximum atomic E-state index is 12.8. The van der Waals surface area contributed by atoms with E-state index in [-0.39, 0.29) is 12.0 Å². The highest BCUT2D eigenvalue weighted by atomic mass is 32.2. The molecule has 1 saturated heterocycles. The summed E-state index contributed by atoms with van der Waals surface area (Å²) in [4.78, 5) is 4.24. The smallest absolute Gasteiger partial charge is 0.260 e.